The van der Waals surface area contributed by atoms with Crippen LogP contribution >= 0.6 is 7.60 Å². The Labute approximate surface area is 127 Å². The van der Waals surface area contributed by atoms with E-state index < -0.39 is 7.60 Å². The predicted molar refractivity (Wildman–Crippen MR) is 83.5 cm³/mol. The number of unbranched alkanes of at least 4 members (excludes halogenated alkanes) is 1. The van der Waals surface area contributed by atoms with E-state index in [9.17, 15) is 4.57 Å². The third-order valence-electron chi connectivity index (χ3n) is 2.98. The van der Waals surface area contributed by atoms with Gasteiger partial charge in [0, 0.05) is 0 Å². The molecular weight excluding hydrogens is 338 g/mol. The van der Waals surface area contributed by atoms with Crippen LogP contribution in [0.15, 0.2) is 40.6 Å². The van der Waals surface area contributed by atoms with Gasteiger partial charge in [-0.25, -0.2) is 0 Å². The first kappa shape index (κ1) is 16.0. The molecule has 0 fully saturated rings. The van der Waals surface area contributed by atoms with Gasteiger partial charge in [0.05, 0.1) is 0 Å². The third kappa shape index (κ3) is 4.31. The first-order valence-electron chi connectivity index (χ1n) is 7.05. The molecule has 1 aromatic rings. The third-order valence-corrected chi connectivity index (χ3v) is 7.50. The minimum atomic E-state index is -3.01. The molecule has 2 unspecified atom stereocenters. The van der Waals surface area contributed by atoms with E-state index in [0.717, 1.165) is 23.7 Å². The Kier molecular flexibility index (Phi) is 6.07. The van der Waals surface area contributed by atoms with E-state index in [2.05, 4.69) is 19.1 Å². The van der Waals surface area contributed by atoms with Crippen molar-refractivity contribution in [2.45, 2.75) is 39.2 Å². The van der Waals surface area contributed by atoms with Gasteiger partial charge >= 0.3 is 127 Å². The first-order valence-corrected chi connectivity index (χ1v) is 10.4. The van der Waals surface area contributed by atoms with Crippen LogP contribution in [0.2, 0.25) is 0 Å². The zero-order valence-electron chi connectivity index (χ0n) is 12.0. The van der Waals surface area contributed by atoms with Crippen LogP contribution in [0, 0.1) is 0 Å². The standard InChI is InChI=1S/C15H21O3PSe/c1-3-5-11-14-15(12-19(16,18-14)17-4-2)20-13-9-7-6-8-10-13/h6-10,12,14H,3-5,11H2,1-2H3. The summed E-state index contributed by atoms with van der Waals surface area (Å²) in [6, 6.07) is 10.3. The number of benzene rings is 1. The van der Waals surface area contributed by atoms with E-state index in [1.165, 1.54) is 4.46 Å². The van der Waals surface area contributed by atoms with E-state index in [1.54, 1.807) is 5.82 Å². The average molecular weight is 359 g/mol. The van der Waals surface area contributed by atoms with Gasteiger partial charge in [0.1, 0.15) is 0 Å². The van der Waals surface area contributed by atoms with Gasteiger partial charge in [0.15, 0.2) is 0 Å². The van der Waals surface area contributed by atoms with Crippen LogP contribution in [-0.2, 0) is 13.6 Å². The second-order valence-corrected chi connectivity index (χ2v) is 8.85. The van der Waals surface area contributed by atoms with Crippen molar-refractivity contribution < 1.29 is 13.6 Å². The number of rotatable bonds is 7. The Morgan fingerprint density at radius 2 is 2.05 bits per heavy atom. The van der Waals surface area contributed by atoms with Gasteiger partial charge in [-0.3, -0.25) is 0 Å². The topological polar surface area (TPSA) is 35.5 Å². The Hall–Kier alpha value is -0.371. The zero-order valence-corrected chi connectivity index (χ0v) is 14.6. The van der Waals surface area contributed by atoms with Gasteiger partial charge in [-0.1, -0.05) is 0 Å². The van der Waals surface area contributed by atoms with Crippen molar-refractivity contribution in [1.29, 1.82) is 0 Å². The van der Waals surface area contributed by atoms with Gasteiger partial charge in [-0.05, 0) is 0 Å². The second kappa shape index (κ2) is 7.58. The summed E-state index contributed by atoms with van der Waals surface area (Å²) in [5.74, 6) is 1.77. The molecule has 110 valence electrons. The van der Waals surface area contributed by atoms with Gasteiger partial charge in [-0.2, -0.15) is 0 Å². The number of hydrogen-bond acceptors (Lipinski definition) is 3. The molecule has 1 aromatic carbocycles. The van der Waals surface area contributed by atoms with Crippen molar-refractivity contribution in [3.63, 3.8) is 0 Å². The zero-order chi connectivity index (χ0) is 14.4. The summed E-state index contributed by atoms with van der Waals surface area (Å²) in [4.78, 5) is 0. The molecule has 2 rings (SSSR count). The van der Waals surface area contributed by atoms with Crippen molar-refractivity contribution in [2.24, 2.45) is 0 Å². The monoisotopic (exact) mass is 360 g/mol. The van der Waals surface area contributed by atoms with E-state index in [4.69, 9.17) is 9.05 Å². The van der Waals surface area contributed by atoms with Gasteiger partial charge in [-0.15, -0.1) is 0 Å². The summed E-state index contributed by atoms with van der Waals surface area (Å²) in [7, 11) is -3.01. The molecule has 0 amide bonds. The summed E-state index contributed by atoms with van der Waals surface area (Å²) in [5.41, 5.74) is 0. The molecule has 0 saturated carbocycles. The summed E-state index contributed by atoms with van der Waals surface area (Å²) in [6.45, 7) is 4.42. The van der Waals surface area contributed by atoms with Crippen molar-refractivity contribution >= 4 is 27.0 Å². The molecule has 1 aliphatic heterocycles. The van der Waals surface area contributed by atoms with Gasteiger partial charge in [0.2, 0.25) is 0 Å². The minimum absolute atomic E-state index is 0.0347. The first-order chi connectivity index (χ1) is 9.67. The van der Waals surface area contributed by atoms with Crippen LogP contribution in [0.1, 0.15) is 33.1 Å². The van der Waals surface area contributed by atoms with Crippen molar-refractivity contribution in [3.8, 4) is 0 Å². The van der Waals surface area contributed by atoms with Crippen LogP contribution in [0.4, 0.5) is 0 Å². The number of hydrogen-bond donors (Lipinski definition) is 0. The maximum atomic E-state index is 12.5. The molecule has 2 atom stereocenters. The molecule has 1 aliphatic rings. The van der Waals surface area contributed by atoms with Crippen LogP contribution in [0.5, 0.6) is 0 Å². The van der Waals surface area contributed by atoms with Crippen molar-refractivity contribution in [2.75, 3.05) is 6.61 Å². The van der Waals surface area contributed by atoms with Crippen LogP contribution in [0.25, 0.3) is 0 Å². The van der Waals surface area contributed by atoms with E-state index in [-0.39, 0.29) is 21.1 Å². The molecule has 3 nitrogen and oxygen atoms in total. The normalized spacial score (nSPS) is 25.7. The molecule has 5 heteroatoms. The summed E-state index contributed by atoms with van der Waals surface area (Å²) < 4.78 is 26.0. The van der Waals surface area contributed by atoms with E-state index in [1.807, 2.05) is 25.1 Å². The Bertz CT molecular complexity index is 501. The molecule has 1 heterocycles. The Morgan fingerprint density at radius 3 is 2.70 bits per heavy atom. The summed E-state index contributed by atoms with van der Waals surface area (Å²) in [5, 5.41) is 0. The fraction of sp³-hybridized carbons (Fsp3) is 0.467. The average Bonchev–Trinajstić information content (AvgIpc) is 2.74. The SMILES string of the molecule is CCCCC1OP(=O)(OCC)C=C1[Se]c1ccccc1. The molecule has 0 saturated heterocycles. The predicted octanol–water partition coefficient (Wildman–Crippen LogP) is 3.68. The molecule has 0 bridgehead atoms. The Morgan fingerprint density at radius 1 is 1.30 bits per heavy atom. The summed E-state index contributed by atoms with van der Waals surface area (Å²) in [6.07, 6.45) is 3.09. The van der Waals surface area contributed by atoms with Crippen LogP contribution < -0.4 is 4.46 Å². The quantitative estimate of drug-likeness (QED) is 0.550. The van der Waals surface area contributed by atoms with Crippen molar-refractivity contribution in [1.82, 2.24) is 0 Å². The van der Waals surface area contributed by atoms with Crippen LogP contribution in [-0.4, -0.2) is 27.7 Å². The molecule has 0 radical (unpaired) electrons. The maximum absolute atomic E-state index is 12.5. The van der Waals surface area contributed by atoms with Crippen molar-refractivity contribution in [3.05, 3.63) is 40.6 Å². The molecule has 20 heavy (non-hydrogen) atoms. The fourth-order valence-electron chi connectivity index (χ4n) is 2.05. The fourth-order valence-corrected chi connectivity index (χ4v) is 6.82. The Balaban J connectivity index is 2.13. The molecular formula is C15H21O3PSe. The van der Waals surface area contributed by atoms with E-state index in [0.29, 0.717) is 6.61 Å². The summed E-state index contributed by atoms with van der Waals surface area (Å²) >= 11 is 0.156. The van der Waals surface area contributed by atoms with Gasteiger partial charge < -0.3 is 0 Å². The molecule has 0 aliphatic carbocycles. The van der Waals surface area contributed by atoms with E-state index >= 15 is 0 Å². The molecule has 0 aromatic heterocycles. The molecule has 0 spiro atoms. The van der Waals surface area contributed by atoms with Crippen LogP contribution in [0.3, 0.4) is 0 Å². The second-order valence-electron chi connectivity index (χ2n) is 4.64. The van der Waals surface area contributed by atoms with Gasteiger partial charge in [0.25, 0.3) is 0 Å². The molecule has 0 N–H and O–H groups in total.